The van der Waals surface area contributed by atoms with E-state index in [1.165, 1.54) is 19.2 Å². The normalized spacial score (nSPS) is 11.3. The molecule has 0 aliphatic carbocycles. The summed E-state index contributed by atoms with van der Waals surface area (Å²) in [4.78, 5) is 17.4. The second-order valence-electron chi connectivity index (χ2n) is 9.42. The van der Waals surface area contributed by atoms with E-state index in [1.54, 1.807) is 65.3 Å². The summed E-state index contributed by atoms with van der Waals surface area (Å²) < 4.78 is 29.4. The van der Waals surface area contributed by atoms with Gasteiger partial charge in [0.05, 0.1) is 4.90 Å². The molecule has 0 saturated carbocycles. The summed E-state index contributed by atoms with van der Waals surface area (Å²) in [5.41, 5.74) is 2.92. The molecular weight excluding hydrogens is 554 g/mol. The molecular formula is C31H29N5O5S. The fourth-order valence-electron chi connectivity index (χ4n) is 4.84. The van der Waals surface area contributed by atoms with Crippen LogP contribution in [0.4, 0.5) is 11.4 Å². The Bertz CT molecular complexity index is 1870. The highest BCUT2D eigenvalue weighted by molar-refractivity contribution is 7.91. The molecule has 42 heavy (non-hydrogen) atoms. The number of sulfone groups is 1. The van der Waals surface area contributed by atoms with E-state index < -0.39 is 26.4 Å². The molecule has 0 bridgehead atoms. The summed E-state index contributed by atoms with van der Waals surface area (Å²) >= 11 is 0. The van der Waals surface area contributed by atoms with Gasteiger partial charge in [0.2, 0.25) is 15.7 Å². The molecule has 11 heteroatoms. The summed E-state index contributed by atoms with van der Waals surface area (Å²) in [6.07, 6.45) is 1.68. The summed E-state index contributed by atoms with van der Waals surface area (Å²) in [5, 5.41) is 29.6. The van der Waals surface area contributed by atoms with Crippen molar-refractivity contribution < 1.29 is 23.4 Å². The summed E-state index contributed by atoms with van der Waals surface area (Å²) in [5.74, 6) is -1.78. The van der Waals surface area contributed by atoms with Crippen molar-refractivity contribution in [1.82, 2.24) is 20.1 Å². The van der Waals surface area contributed by atoms with Crippen molar-refractivity contribution >= 4 is 27.1 Å². The van der Waals surface area contributed by atoms with Crippen molar-refractivity contribution in [3.8, 4) is 34.1 Å². The Hall–Kier alpha value is -5.16. The summed E-state index contributed by atoms with van der Waals surface area (Å²) in [6, 6.07) is 23.6. The van der Waals surface area contributed by atoms with Gasteiger partial charge in [0.25, 0.3) is 5.91 Å². The van der Waals surface area contributed by atoms with Gasteiger partial charge in [-0.1, -0.05) is 48.5 Å². The molecule has 2 aromatic heterocycles. The van der Waals surface area contributed by atoms with Gasteiger partial charge < -0.3 is 20.4 Å². The van der Waals surface area contributed by atoms with E-state index in [9.17, 15) is 23.4 Å². The predicted molar refractivity (Wildman–Crippen MR) is 160 cm³/mol. The molecule has 0 aliphatic rings. The van der Waals surface area contributed by atoms with Crippen LogP contribution in [0.15, 0.2) is 101 Å². The largest absolute Gasteiger partial charge is 0.504 e. The molecule has 0 atom stereocenters. The number of nitrogens with one attached hydrogen (secondary N) is 1. The fourth-order valence-corrected chi connectivity index (χ4v) is 6.20. The lowest BCUT2D eigenvalue weighted by Crippen LogP contribution is -2.19. The molecule has 0 unspecified atom stereocenters. The standard InChI is InChI=1S/C31H29N5O5S/c1-4-36(21-10-6-5-7-11-21)27-26(25-18-19-35(3)34-25)33-31(39)29(28(27)37)42(40,41)22-16-14-20(15-17-22)23-12-8-9-13-24(23)30(38)32-2/h5-19H,4H2,1-3H3,(H,32,38)(H2,33,37,39). The first-order valence-electron chi connectivity index (χ1n) is 13.1. The lowest BCUT2D eigenvalue weighted by Gasteiger charge is -2.27. The molecule has 0 spiro atoms. The van der Waals surface area contributed by atoms with E-state index in [2.05, 4.69) is 15.4 Å². The molecule has 0 fully saturated rings. The second kappa shape index (κ2) is 11.4. The number of pyridine rings is 1. The van der Waals surface area contributed by atoms with Crippen molar-refractivity contribution in [2.75, 3.05) is 18.5 Å². The molecule has 2 heterocycles. The topological polar surface area (TPSA) is 138 Å². The van der Waals surface area contributed by atoms with Crippen LogP contribution in [0, 0.1) is 0 Å². The van der Waals surface area contributed by atoms with Crippen molar-refractivity contribution in [3.63, 3.8) is 0 Å². The fraction of sp³-hybridized carbons (Fsp3) is 0.129. The van der Waals surface area contributed by atoms with Crippen molar-refractivity contribution in [2.45, 2.75) is 16.7 Å². The number of nitrogens with zero attached hydrogens (tertiary/aromatic N) is 4. The summed E-state index contributed by atoms with van der Waals surface area (Å²) in [7, 11) is -1.21. The third kappa shape index (κ3) is 5.06. The Morgan fingerprint density at radius 2 is 1.62 bits per heavy atom. The lowest BCUT2D eigenvalue weighted by atomic mass is 9.99. The maximum absolute atomic E-state index is 13.9. The highest BCUT2D eigenvalue weighted by Crippen LogP contribution is 2.48. The number of anilines is 2. The first-order valence-corrected chi connectivity index (χ1v) is 14.6. The van der Waals surface area contributed by atoms with Crippen LogP contribution in [0.5, 0.6) is 11.6 Å². The third-order valence-corrected chi connectivity index (χ3v) is 8.64. The number of aromatic hydroxyl groups is 2. The minimum atomic E-state index is -4.46. The van der Waals surface area contributed by atoms with Gasteiger partial charge in [0.1, 0.15) is 17.1 Å². The van der Waals surface area contributed by atoms with Crippen molar-refractivity contribution in [2.24, 2.45) is 7.05 Å². The van der Waals surface area contributed by atoms with Crippen molar-refractivity contribution in [1.29, 1.82) is 0 Å². The molecule has 214 valence electrons. The maximum atomic E-state index is 13.9. The van der Waals surface area contributed by atoms with Crippen LogP contribution in [0.25, 0.3) is 22.5 Å². The van der Waals surface area contributed by atoms with E-state index in [0.29, 0.717) is 34.6 Å². The minimum Gasteiger partial charge on any atom is -0.504 e. The van der Waals surface area contributed by atoms with Crippen LogP contribution in [0.3, 0.4) is 0 Å². The number of para-hydroxylation sites is 1. The third-order valence-electron chi connectivity index (χ3n) is 6.84. The maximum Gasteiger partial charge on any atom is 0.251 e. The van der Waals surface area contributed by atoms with Gasteiger partial charge in [-0.3, -0.25) is 9.48 Å². The Balaban J connectivity index is 1.67. The average molecular weight is 584 g/mol. The zero-order valence-corrected chi connectivity index (χ0v) is 24.0. The van der Waals surface area contributed by atoms with E-state index in [4.69, 9.17) is 0 Å². The van der Waals surface area contributed by atoms with E-state index in [1.807, 2.05) is 37.3 Å². The van der Waals surface area contributed by atoms with Gasteiger partial charge in [-0.25, -0.2) is 13.4 Å². The van der Waals surface area contributed by atoms with E-state index >= 15 is 0 Å². The Morgan fingerprint density at radius 3 is 2.24 bits per heavy atom. The number of rotatable bonds is 8. The molecule has 1 amide bonds. The molecule has 3 N–H and O–H groups in total. The smallest absolute Gasteiger partial charge is 0.251 e. The molecule has 0 aliphatic heterocycles. The molecule has 10 nitrogen and oxygen atoms in total. The van der Waals surface area contributed by atoms with Gasteiger partial charge in [-0.05, 0) is 54.4 Å². The van der Waals surface area contributed by atoms with Gasteiger partial charge in [-0.2, -0.15) is 5.10 Å². The highest BCUT2D eigenvalue weighted by atomic mass is 32.2. The van der Waals surface area contributed by atoms with E-state index in [-0.39, 0.29) is 22.2 Å². The van der Waals surface area contributed by atoms with Crippen LogP contribution in [0.1, 0.15) is 17.3 Å². The molecule has 0 saturated heterocycles. The number of hydrogen-bond donors (Lipinski definition) is 3. The monoisotopic (exact) mass is 583 g/mol. The minimum absolute atomic E-state index is 0.0925. The average Bonchev–Trinajstić information content (AvgIpc) is 3.44. The number of aromatic nitrogens is 3. The molecule has 0 radical (unpaired) electrons. The molecule has 3 aromatic carbocycles. The number of aryl methyl sites for hydroxylation is 1. The van der Waals surface area contributed by atoms with Gasteiger partial charge in [0, 0.05) is 38.1 Å². The summed E-state index contributed by atoms with van der Waals surface area (Å²) in [6.45, 7) is 2.20. The van der Waals surface area contributed by atoms with Crippen LogP contribution in [-0.2, 0) is 16.9 Å². The Labute approximate surface area is 243 Å². The lowest BCUT2D eigenvalue weighted by molar-refractivity contribution is 0.0963. The van der Waals surface area contributed by atoms with Gasteiger partial charge >= 0.3 is 0 Å². The molecule has 5 rings (SSSR count). The SMILES string of the molecule is CCN(c1ccccc1)c1c(-c2ccn(C)n2)nc(O)c(S(=O)(=O)c2ccc(-c3ccccc3C(=O)NC)cc2)c1O. The van der Waals surface area contributed by atoms with Crippen LogP contribution in [-0.4, -0.2) is 52.9 Å². The van der Waals surface area contributed by atoms with Gasteiger partial charge in [-0.15, -0.1) is 0 Å². The predicted octanol–water partition coefficient (Wildman–Crippen LogP) is 4.91. The van der Waals surface area contributed by atoms with E-state index in [0.717, 1.165) is 0 Å². The Kier molecular flexibility index (Phi) is 7.68. The number of hydrogen-bond acceptors (Lipinski definition) is 8. The number of carbonyl (C=O) groups excluding carboxylic acids is 1. The van der Waals surface area contributed by atoms with Crippen LogP contribution >= 0.6 is 0 Å². The quantitative estimate of drug-likeness (QED) is 0.234. The molecule has 5 aromatic rings. The zero-order chi connectivity index (χ0) is 30.0. The number of carbonyl (C=O) groups is 1. The zero-order valence-electron chi connectivity index (χ0n) is 23.2. The highest BCUT2D eigenvalue weighted by Gasteiger charge is 2.33. The van der Waals surface area contributed by atoms with Crippen LogP contribution in [0.2, 0.25) is 0 Å². The van der Waals surface area contributed by atoms with Crippen molar-refractivity contribution in [3.05, 3.63) is 96.7 Å². The Morgan fingerprint density at radius 1 is 0.952 bits per heavy atom. The van der Waals surface area contributed by atoms with Crippen LogP contribution < -0.4 is 10.2 Å². The first kappa shape index (κ1) is 28.4. The second-order valence-corrected chi connectivity index (χ2v) is 11.3. The number of amides is 1. The number of benzene rings is 3. The first-order chi connectivity index (χ1) is 20.2. The van der Waals surface area contributed by atoms with Gasteiger partial charge in [0.15, 0.2) is 10.6 Å².